The van der Waals surface area contributed by atoms with Crippen LogP contribution in [0.15, 0.2) is 9.95 Å². The molecule has 0 aromatic carbocycles. The van der Waals surface area contributed by atoms with Crippen LogP contribution in [0.1, 0.15) is 41.7 Å². The number of nitrogens with zero attached hydrogens (tertiary/aromatic N) is 3. The van der Waals surface area contributed by atoms with E-state index in [0.717, 1.165) is 44.1 Å². The monoisotopic (exact) mass is 419 g/mol. The molecule has 1 fully saturated rings. The Morgan fingerprint density at radius 1 is 1.43 bits per heavy atom. The molecule has 28 heavy (non-hydrogen) atoms. The summed E-state index contributed by atoms with van der Waals surface area (Å²) in [5, 5.41) is 20.0. The van der Waals surface area contributed by atoms with Crippen molar-refractivity contribution < 1.29 is 9.53 Å². The average Bonchev–Trinajstić information content (AvgIpc) is 3.40. The van der Waals surface area contributed by atoms with Crippen LogP contribution < -0.4 is 11.0 Å². The van der Waals surface area contributed by atoms with Crippen LogP contribution in [-0.2, 0) is 28.9 Å². The standard InChI is InChI=1S/C18H21N5O3S2/c19-8-13-12-5-1-2-6-14(12)28-16(13)20-15(24)10-27-18-22-21-17(25)23(18)9-11-4-3-7-26-11/h11H,1-7,9-10H2,(H,20,24)(H,21,25)/t11-/m1/s1. The number of nitriles is 1. The van der Waals surface area contributed by atoms with Crippen LogP contribution in [-0.4, -0.2) is 39.1 Å². The summed E-state index contributed by atoms with van der Waals surface area (Å²) < 4.78 is 7.11. The van der Waals surface area contributed by atoms with Gasteiger partial charge in [0.2, 0.25) is 5.91 Å². The van der Waals surface area contributed by atoms with Gasteiger partial charge in [-0.1, -0.05) is 11.8 Å². The highest BCUT2D eigenvalue weighted by atomic mass is 32.2. The highest BCUT2D eigenvalue weighted by Gasteiger charge is 2.23. The van der Waals surface area contributed by atoms with E-state index < -0.39 is 0 Å². The van der Waals surface area contributed by atoms with Gasteiger partial charge in [-0.25, -0.2) is 9.89 Å². The Hall–Kier alpha value is -2.09. The fraction of sp³-hybridized carbons (Fsp3) is 0.556. The van der Waals surface area contributed by atoms with Crippen molar-refractivity contribution in [2.45, 2.75) is 56.3 Å². The number of H-pyrrole nitrogens is 1. The maximum absolute atomic E-state index is 12.4. The van der Waals surface area contributed by atoms with Crippen LogP contribution in [0, 0.1) is 11.3 Å². The number of hydrogen-bond acceptors (Lipinski definition) is 7. The largest absolute Gasteiger partial charge is 0.376 e. The van der Waals surface area contributed by atoms with E-state index in [1.54, 1.807) is 0 Å². The molecule has 10 heteroatoms. The van der Waals surface area contributed by atoms with Gasteiger partial charge in [0.25, 0.3) is 0 Å². The Labute approximate surface area is 170 Å². The lowest BCUT2D eigenvalue weighted by atomic mass is 9.96. The lowest BCUT2D eigenvalue weighted by Gasteiger charge is -2.11. The molecule has 4 rings (SSSR count). The number of thioether (sulfide) groups is 1. The topological polar surface area (TPSA) is 113 Å². The molecule has 1 aliphatic heterocycles. The summed E-state index contributed by atoms with van der Waals surface area (Å²) in [7, 11) is 0. The molecular weight excluding hydrogens is 398 g/mol. The van der Waals surface area contributed by atoms with Crippen molar-refractivity contribution in [2.75, 3.05) is 17.7 Å². The van der Waals surface area contributed by atoms with E-state index in [1.807, 2.05) is 0 Å². The summed E-state index contributed by atoms with van der Waals surface area (Å²) >= 11 is 2.71. The number of fused-ring (bicyclic) bond motifs is 1. The quantitative estimate of drug-likeness (QED) is 0.695. The number of aromatic nitrogens is 3. The van der Waals surface area contributed by atoms with Crippen LogP contribution in [0.3, 0.4) is 0 Å². The number of aromatic amines is 1. The van der Waals surface area contributed by atoms with Crippen LogP contribution in [0.25, 0.3) is 0 Å². The van der Waals surface area contributed by atoms with Crippen molar-refractivity contribution in [3.8, 4) is 6.07 Å². The highest BCUT2D eigenvalue weighted by molar-refractivity contribution is 7.99. The molecule has 148 valence electrons. The van der Waals surface area contributed by atoms with Gasteiger partial charge in [0.05, 0.1) is 24.0 Å². The van der Waals surface area contributed by atoms with Gasteiger partial charge in [0, 0.05) is 11.5 Å². The van der Waals surface area contributed by atoms with Gasteiger partial charge in [-0.3, -0.25) is 9.36 Å². The number of thiophene rings is 1. The third-order valence-electron chi connectivity index (χ3n) is 5.00. The van der Waals surface area contributed by atoms with Gasteiger partial charge in [-0.05, 0) is 44.1 Å². The number of aryl methyl sites for hydroxylation is 1. The predicted octanol–water partition coefficient (Wildman–Crippen LogP) is 2.29. The second-order valence-corrected chi connectivity index (χ2v) is 8.97. The summed E-state index contributed by atoms with van der Waals surface area (Å²) in [6.45, 7) is 1.16. The highest BCUT2D eigenvalue weighted by Crippen LogP contribution is 2.37. The summed E-state index contributed by atoms with van der Waals surface area (Å²) in [6.07, 6.45) is 6.02. The maximum atomic E-state index is 12.4. The van der Waals surface area contributed by atoms with E-state index in [9.17, 15) is 14.9 Å². The van der Waals surface area contributed by atoms with Crippen LogP contribution >= 0.6 is 23.1 Å². The van der Waals surface area contributed by atoms with Gasteiger partial charge < -0.3 is 10.1 Å². The van der Waals surface area contributed by atoms with Crippen molar-refractivity contribution in [3.05, 3.63) is 26.5 Å². The zero-order chi connectivity index (χ0) is 19.5. The molecular formula is C18H21N5O3S2. The SMILES string of the molecule is N#Cc1c(NC(=O)CSc2n[nH]c(=O)n2C[C@H]2CCCO2)sc2c1CCCC2. The van der Waals surface area contributed by atoms with Crippen molar-refractivity contribution in [1.82, 2.24) is 14.8 Å². The van der Waals surface area contributed by atoms with Crippen LogP contribution in [0.5, 0.6) is 0 Å². The molecule has 2 aromatic heterocycles. The number of rotatable bonds is 6. The summed E-state index contributed by atoms with van der Waals surface area (Å²) in [5.74, 6) is -0.0947. The van der Waals surface area contributed by atoms with Crippen molar-refractivity contribution in [1.29, 1.82) is 5.26 Å². The molecule has 2 aromatic rings. The number of carbonyl (C=O) groups excluding carboxylic acids is 1. The zero-order valence-corrected chi connectivity index (χ0v) is 17.0. The number of anilines is 1. The Kier molecular flexibility index (Phi) is 5.85. The van der Waals surface area contributed by atoms with Crippen molar-refractivity contribution >= 4 is 34.0 Å². The average molecular weight is 420 g/mol. The number of hydrogen-bond donors (Lipinski definition) is 2. The predicted molar refractivity (Wildman–Crippen MR) is 107 cm³/mol. The lowest BCUT2D eigenvalue weighted by Crippen LogP contribution is -2.25. The first-order valence-electron chi connectivity index (χ1n) is 9.40. The normalized spacial score (nSPS) is 18.6. The second kappa shape index (κ2) is 8.51. The molecule has 3 heterocycles. The number of nitrogens with one attached hydrogen (secondary N) is 2. The lowest BCUT2D eigenvalue weighted by molar-refractivity contribution is -0.113. The van der Waals surface area contributed by atoms with Gasteiger partial charge in [-0.15, -0.1) is 16.4 Å². The minimum atomic E-state index is -0.295. The van der Waals surface area contributed by atoms with E-state index >= 15 is 0 Å². The van der Waals surface area contributed by atoms with Crippen molar-refractivity contribution in [3.63, 3.8) is 0 Å². The summed E-state index contributed by atoms with van der Waals surface area (Å²) in [5.41, 5.74) is 1.41. The van der Waals surface area contributed by atoms with Gasteiger partial charge in [0.1, 0.15) is 11.1 Å². The molecule has 1 amide bonds. The molecule has 2 aliphatic rings. The Bertz CT molecular complexity index is 965. The minimum Gasteiger partial charge on any atom is -0.376 e. The number of amides is 1. The van der Waals surface area contributed by atoms with Gasteiger partial charge in [-0.2, -0.15) is 5.26 Å². The van der Waals surface area contributed by atoms with Gasteiger partial charge in [0.15, 0.2) is 5.16 Å². The summed E-state index contributed by atoms with van der Waals surface area (Å²) in [6, 6.07) is 2.25. The molecule has 0 unspecified atom stereocenters. The molecule has 8 nitrogen and oxygen atoms in total. The number of carbonyl (C=O) groups is 1. The maximum Gasteiger partial charge on any atom is 0.344 e. The first-order valence-corrected chi connectivity index (χ1v) is 11.2. The Morgan fingerprint density at radius 3 is 3.07 bits per heavy atom. The summed E-state index contributed by atoms with van der Waals surface area (Å²) in [4.78, 5) is 25.7. The van der Waals surface area contributed by atoms with E-state index in [2.05, 4.69) is 21.6 Å². The van der Waals surface area contributed by atoms with Crippen LogP contribution in [0.2, 0.25) is 0 Å². The third-order valence-corrected chi connectivity index (χ3v) is 7.19. The van der Waals surface area contributed by atoms with Gasteiger partial charge >= 0.3 is 5.69 Å². The number of ether oxygens (including phenoxy) is 1. The van der Waals surface area contributed by atoms with E-state index in [0.29, 0.717) is 28.9 Å². The minimum absolute atomic E-state index is 0.0131. The molecule has 0 radical (unpaired) electrons. The molecule has 1 atom stereocenters. The molecule has 0 saturated carbocycles. The zero-order valence-electron chi connectivity index (χ0n) is 15.3. The fourth-order valence-corrected chi connectivity index (χ4v) is 5.64. The molecule has 2 N–H and O–H groups in total. The molecule has 0 bridgehead atoms. The molecule has 0 spiro atoms. The smallest absolute Gasteiger partial charge is 0.344 e. The first kappa shape index (κ1) is 19.2. The molecule has 1 saturated heterocycles. The van der Waals surface area contributed by atoms with Crippen molar-refractivity contribution in [2.24, 2.45) is 0 Å². The van der Waals surface area contributed by atoms with Crippen LogP contribution in [0.4, 0.5) is 5.00 Å². The second-order valence-electron chi connectivity index (χ2n) is 6.92. The molecule has 1 aliphatic carbocycles. The first-order chi connectivity index (χ1) is 13.7. The van der Waals surface area contributed by atoms with E-state index in [-0.39, 0.29) is 23.5 Å². The Balaban J connectivity index is 1.40. The van der Waals surface area contributed by atoms with E-state index in [1.165, 1.54) is 32.5 Å². The Morgan fingerprint density at radius 2 is 2.29 bits per heavy atom. The third kappa shape index (κ3) is 4.01. The fourth-order valence-electron chi connectivity index (χ4n) is 3.63. The van der Waals surface area contributed by atoms with E-state index in [4.69, 9.17) is 4.74 Å².